The molecule has 0 heterocycles. The van der Waals surface area contributed by atoms with Crippen LogP contribution in [0.3, 0.4) is 0 Å². The Morgan fingerprint density at radius 2 is 1.78 bits per heavy atom. The average molecular weight is 248 g/mol. The lowest BCUT2D eigenvalue weighted by Gasteiger charge is -2.28. The summed E-state index contributed by atoms with van der Waals surface area (Å²) in [7, 11) is 1.72. The number of hydrogen-bond donors (Lipinski definition) is 2. The quantitative estimate of drug-likeness (QED) is 0.864. The van der Waals surface area contributed by atoms with Gasteiger partial charge < -0.3 is 15.8 Å². The van der Waals surface area contributed by atoms with Gasteiger partial charge in [0.1, 0.15) is 5.75 Å². The van der Waals surface area contributed by atoms with E-state index in [4.69, 9.17) is 10.5 Å². The molecule has 3 heteroatoms. The van der Waals surface area contributed by atoms with Crippen molar-refractivity contribution in [3.63, 3.8) is 0 Å². The summed E-state index contributed by atoms with van der Waals surface area (Å²) in [4.78, 5) is 0. The van der Waals surface area contributed by atoms with E-state index in [0.717, 1.165) is 18.6 Å². The Morgan fingerprint density at radius 3 is 2.39 bits per heavy atom. The zero-order valence-corrected chi connectivity index (χ0v) is 11.6. The topological polar surface area (TPSA) is 47.3 Å². The SMILES string of the molecule is COc1cc(C)c(NC2CCC(N)CC2)cc1C. The van der Waals surface area contributed by atoms with Gasteiger partial charge in [-0.25, -0.2) is 0 Å². The van der Waals surface area contributed by atoms with Gasteiger partial charge in [0.25, 0.3) is 0 Å². The third kappa shape index (κ3) is 2.96. The van der Waals surface area contributed by atoms with Crippen LogP contribution in [0.4, 0.5) is 5.69 Å². The summed E-state index contributed by atoms with van der Waals surface area (Å²) in [5, 5.41) is 3.65. The van der Waals surface area contributed by atoms with E-state index in [0.29, 0.717) is 12.1 Å². The molecule has 0 radical (unpaired) electrons. The fraction of sp³-hybridized carbons (Fsp3) is 0.600. The molecule has 0 amide bonds. The lowest BCUT2D eigenvalue weighted by Crippen LogP contribution is -2.32. The lowest BCUT2D eigenvalue weighted by atomic mass is 9.91. The molecule has 100 valence electrons. The zero-order chi connectivity index (χ0) is 13.1. The number of nitrogens with one attached hydrogen (secondary N) is 1. The van der Waals surface area contributed by atoms with Gasteiger partial charge in [-0.1, -0.05) is 0 Å². The monoisotopic (exact) mass is 248 g/mol. The van der Waals surface area contributed by atoms with Gasteiger partial charge in [-0.2, -0.15) is 0 Å². The Hall–Kier alpha value is -1.22. The maximum atomic E-state index is 5.94. The Balaban J connectivity index is 2.07. The van der Waals surface area contributed by atoms with Crippen molar-refractivity contribution in [3.05, 3.63) is 23.3 Å². The highest BCUT2D eigenvalue weighted by Crippen LogP contribution is 2.28. The molecule has 0 aromatic heterocycles. The van der Waals surface area contributed by atoms with Crippen molar-refractivity contribution < 1.29 is 4.74 Å². The molecule has 2 rings (SSSR count). The van der Waals surface area contributed by atoms with Gasteiger partial charge in [-0.3, -0.25) is 0 Å². The first kappa shape index (κ1) is 13.2. The van der Waals surface area contributed by atoms with Crippen LogP contribution in [0, 0.1) is 13.8 Å². The third-order valence-electron chi connectivity index (χ3n) is 3.87. The van der Waals surface area contributed by atoms with Crippen molar-refractivity contribution in [3.8, 4) is 5.75 Å². The van der Waals surface area contributed by atoms with Crippen LogP contribution in [0.1, 0.15) is 36.8 Å². The van der Waals surface area contributed by atoms with Gasteiger partial charge in [-0.05, 0) is 62.8 Å². The van der Waals surface area contributed by atoms with Gasteiger partial charge in [0.05, 0.1) is 7.11 Å². The number of anilines is 1. The summed E-state index contributed by atoms with van der Waals surface area (Å²) < 4.78 is 5.34. The number of hydrogen-bond acceptors (Lipinski definition) is 3. The van der Waals surface area contributed by atoms with Gasteiger partial charge in [-0.15, -0.1) is 0 Å². The maximum absolute atomic E-state index is 5.94. The van der Waals surface area contributed by atoms with E-state index in [-0.39, 0.29) is 0 Å². The number of ether oxygens (including phenoxy) is 1. The largest absolute Gasteiger partial charge is 0.496 e. The van der Waals surface area contributed by atoms with Crippen LogP contribution in [0.25, 0.3) is 0 Å². The van der Waals surface area contributed by atoms with E-state index in [9.17, 15) is 0 Å². The van der Waals surface area contributed by atoms with Crippen LogP contribution in [0.15, 0.2) is 12.1 Å². The predicted octanol–water partition coefficient (Wildman–Crippen LogP) is 2.99. The average Bonchev–Trinajstić information content (AvgIpc) is 2.36. The smallest absolute Gasteiger partial charge is 0.122 e. The number of aryl methyl sites for hydroxylation is 2. The molecule has 18 heavy (non-hydrogen) atoms. The standard InChI is InChI=1S/C15H24N2O/c1-10-9-15(18-3)11(2)8-14(10)17-13-6-4-12(16)5-7-13/h8-9,12-13,17H,4-7,16H2,1-3H3. The van der Waals surface area contributed by atoms with E-state index in [2.05, 4.69) is 31.3 Å². The molecule has 3 nitrogen and oxygen atoms in total. The highest BCUT2D eigenvalue weighted by atomic mass is 16.5. The highest BCUT2D eigenvalue weighted by molar-refractivity contribution is 5.57. The van der Waals surface area contributed by atoms with Crippen LogP contribution >= 0.6 is 0 Å². The van der Waals surface area contributed by atoms with Crippen molar-refractivity contribution in [2.24, 2.45) is 5.73 Å². The van der Waals surface area contributed by atoms with Gasteiger partial charge in [0, 0.05) is 17.8 Å². The first-order chi connectivity index (χ1) is 8.60. The van der Waals surface area contributed by atoms with Crippen molar-refractivity contribution in [1.29, 1.82) is 0 Å². The van der Waals surface area contributed by atoms with Gasteiger partial charge >= 0.3 is 0 Å². The van der Waals surface area contributed by atoms with E-state index in [1.165, 1.54) is 29.7 Å². The molecule has 0 bridgehead atoms. The Kier molecular flexibility index (Phi) is 4.12. The zero-order valence-electron chi connectivity index (χ0n) is 11.6. The van der Waals surface area contributed by atoms with E-state index >= 15 is 0 Å². The minimum absolute atomic E-state index is 0.404. The second-order valence-electron chi connectivity index (χ2n) is 5.39. The van der Waals surface area contributed by atoms with Crippen molar-refractivity contribution >= 4 is 5.69 Å². The molecular weight excluding hydrogens is 224 g/mol. The van der Waals surface area contributed by atoms with E-state index in [1.54, 1.807) is 7.11 Å². The minimum atomic E-state index is 0.404. The van der Waals surface area contributed by atoms with E-state index in [1.807, 2.05) is 0 Å². The summed E-state index contributed by atoms with van der Waals surface area (Å²) in [5.41, 5.74) is 9.59. The second kappa shape index (κ2) is 5.61. The van der Waals surface area contributed by atoms with Crippen molar-refractivity contribution in [1.82, 2.24) is 0 Å². The molecule has 0 aliphatic heterocycles. The van der Waals surface area contributed by atoms with Crippen molar-refractivity contribution in [2.75, 3.05) is 12.4 Å². The molecule has 1 aromatic rings. The molecule has 1 fully saturated rings. The number of methoxy groups -OCH3 is 1. The third-order valence-corrected chi connectivity index (χ3v) is 3.87. The number of nitrogens with two attached hydrogens (primary N) is 1. The lowest BCUT2D eigenvalue weighted by molar-refractivity contribution is 0.408. The fourth-order valence-corrected chi connectivity index (χ4v) is 2.65. The Labute approximate surface area is 110 Å². The molecule has 1 saturated carbocycles. The molecule has 0 spiro atoms. The van der Waals surface area contributed by atoms with Gasteiger partial charge in [0.2, 0.25) is 0 Å². The van der Waals surface area contributed by atoms with Crippen LogP contribution in [0.5, 0.6) is 5.75 Å². The van der Waals surface area contributed by atoms with E-state index < -0.39 is 0 Å². The maximum Gasteiger partial charge on any atom is 0.122 e. The molecule has 0 saturated heterocycles. The molecule has 1 aliphatic carbocycles. The first-order valence-corrected chi connectivity index (χ1v) is 6.77. The van der Waals surface area contributed by atoms with Crippen LogP contribution in [-0.2, 0) is 0 Å². The van der Waals surface area contributed by atoms with Gasteiger partial charge in [0.15, 0.2) is 0 Å². The first-order valence-electron chi connectivity index (χ1n) is 6.77. The molecule has 1 aromatic carbocycles. The molecular formula is C15H24N2O. The highest BCUT2D eigenvalue weighted by Gasteiger charge is 2.19. The summed E-state index contributed by atoms with van der Waals surface area (Å²) in [6.45, 7) is 4.21. The summed E-state index contributed by atoms with van der Waals surface area (Å²) in [6.07, 6.45) is 4.61. The van der Waals surface area contributed by atoms with Crippen LogP contribution < -0.4 is 15.8 Å². The summed E-state index contributed by atoms with van der Waals surface area (Å²) in [6, 6.07) is 5.26. The molecule has 0 atom stereocenters. The fourth-order valence-electron chi connectivity index (χ4n) is 2.65. The Bertz CT molecular complexity index is 409. The van der Waals surface area contributed by atoms with Crippen LogP contribution in [0.2, 0.25) is 0 Å². The second-order valence-corrected chi connectivity index (χ2v) is 5.39. The number of benzene rings is 1. The summed E-state index contributed by atoms with van der Waals surface area (Å²) >= 11 is 0. The predicted molar refractivity (Wildman–Crippen MR) is 76.3 cm³/mol. The van der Waals surface area contributed by atoms with Crippen LogP contribution in [-0.4, -0.2) is 19.2 Å². The number of rotatable bonds is 3. The summed E-state index contributed by atoms with van der Waals surface area (Å²) in [5.74, 6) is 0.962. The molecule has 1 aliphatic rings. The molecule has 0 unspecified atom stereocenters. The Morgan fingerprint density at radius 1 is 1.11 bits per heavy atom. The minimum Gasteiger partial charge on any atom is -0.496 e. The normalized spacial score (nSPS) is 23.8. The molecule has 3 N–H and O–H groups in total. The van der Waals surface area contributed by atoms with Crippen molar-refractivity contribution in [2.45, 2.75) is 51.6 Å².